The van der Waals surface area contributed by atoms with E-state index in [2.05, 4.69) is 5.32 Å². The van der Waals surface area contributed by atoms with E-state index in [1.807, 2.05) is 0 Å². The number of amides is 1. The number of para-hydroxylation sites is 1. The fraction of sp³-hybridized carbons (Fsp3) is 0.263. The summed E-state index contributed by atoms with van der Waals surface area (Å²) < 4.78 is 10.3. The number of nitrogens with one attached hydrogen (secondary N) is 1. The highest BCUT2D eigenvalue weighted by molar-refractivity contribution is 5.92. The van der Waals surface area contributed by atoms with E-state index in [1.54, 1.807) is 30.3 Å². The first-order valence-corrected chi connectivity index (χ1v) is 8.09. The summed E-state index contributed by atoms with van der Waals surface area (Å²) in [5, 5.41) is 21.4. The smallest absolute Gasteiger partial charge is 0.341 e. The van der Waals surface area contributed by atoms with Crippen LogP contribution in [0, 0.1) is 0 Å². The lowest BCUT2D eigenvalue weighted by Crippen LogP contribution is -2.27. The molecule has 0 unspecified atom stereocenters. The Bertz CT molecular complexity index is 774. The second-order valence-corrected chi connectivity index (χ2v) is 5.54. The Hall–Kier alpha value is -3.22. The lowest BCUT2D eigenvalue weighted by molar-refractivity contribution is -0.120. The molecular formula is C19H21NO6. The third-order valence-electron chi connectivity index (χ3n) is 3.60. The van der Waals surface area contributed by atoms with E-state index in [9.17, 15) is 19.8 Å². The fourth-order valence-electron chi connectivity index (χ4n) is 2.28. The second kappa shape index (κ2) is 9.31. The molecule has 26 heavy (non-hydrogen) atoms. The summed E-state index contributed by atoms with van der Waals surface area (Å²) in [6, 6.07) is 11.0. The molecule has 1 amide bonds. The molecule has 0 aliphatic heterocycles. The molecular weight excluding hydrogens is 338 g/mol. The molecule has 0 atom stereocenters. The highest BCUT2D eigenvalue weighted by Crippen LogP contribution is 2.25. The molecule has 2 aromatic carbocycles. The van der Waals surface area contributed by atoms with Crippen LogP contribution in [0.25, 0.3) is 0 Å². The van der Waals surface area contributed by atoms with Gasteiger partial charge in [0.1, 0.15) is 11.3 Å². The number of methoxy groups -OCH3 is 1. The van der Waals surface area contributed by atoms with Gasteiger partial charge in [0, 0.05) is 6.54 Å². The number of rotatable bonds is 8. The maximum absolute atomic E-state index is 11.9. The number of carbonyl (C=O) groups is 2. The molecule has 7 heteroatoms. The zero-order valence-electron chi connectivity index (χ0n) is 14.4. The first-order chi connectivity index (χ1) is 12.5. The molecule has 3 N–H and O–H groups in total. The average Bonchev–Trinajstić information content (AvgIpc) is 2.64. The van der Waals surface area contributed by atoms with E-state index < -0.39 is 5.97 Å². The van der Waals surface area contributed by atoms with Crippen molar-refractivity contribution in [2.75, 3.05) is 20.3 Å². The molecule has 7 nitrogen and oxygen atoms in total. The van der Waals surface area contributed by atoms with Gasteiger partial charge in [-0.2, -0.15) is 0 Å². The van der Waals surface area contributed by atoms with Gasteiger partial charge in [-0.25, -0.2) is 4.79 Å². The minimum Gasteiger partial charge on any atom is -0.504 e. The summed E-state index contributed by atoms with van der Waals surface area (Å²) in [7, 11) is 1.31. The third-order valence-corrected chi connectivity index (χ3v) is 3.60. The Morgan fingerprint density at radius 1 is 1.08 bits per heavy atom. The van der Waals surface area contributed by atoms with Crippen LogP contribution in [0.4, 0.5) is 0 Å². The molecule has 0 heterocycles. The van der Waals surface area contributed by atoms with Crippen molar-refractivity contribution in [3.63, 3.8) is 0 Å². The summed E-state index contributed by atoms with van der Waals surface area (Å²) in [5.41, 5.74) is 0.951. The molecule has 0 aliphatic rings. The maximum atomic E-state index is 11.9. The van der Waals surface area contributed by atoms with Crippen LogP contribution < -0.4 is 10.1 Å². The number of phenolic OH excluding ortho intramolecular Hbond substituents is 2. The van der Waals surface area contributed by atoms with Gasteiger partial charge in [-0.15, -0.1) is 0 Å². The number of benzene rings is 2. The average molecular weight is 359 g/mol. The molecule has 0 bridgehead atoms. The summed E-state index contributed by atoms with van der Waals surface area (Å²) in [6.45, 7) is 0.734. The van der Waals surface area contributed by atoms with Gasteiger partial charge in [0.25, 0.3) is 0 Å². The van der Waals surface area contributed by atoms with Crippen molar-refractivity contribution in [2.24, 2.45) is 0 Å². The lowest BCUT2D eigenvalue weighted by atomic mass is 10.1. The molecule has 0 aromatic heterocycles. The Morgan fingerprint density at radius 2 is 1.85 bits per heavy atom. The normalized spacial score (nSPS) is 10.2. The van der Waals surface area contributed by atoms with Crippen LogP contribution in [-0.4, -0.2) is 42.4 Å². The quantitative estimate of drug-likeness (QED) is 0.378. The zero-order chi connectivity index (χ0) is 18.9. The Balaban J connectivity index is 1.73. The van der Waals surface area contributed by atoms with Gasteiger partial charge in [0.2, 0.25) is 5.91 Å². The molecule has 0 fully saturated rings. The fourth-order valence-corrected chi connectivity index (χ4v) is 2.28. The number of hydrogen-bond acceptors (Lipinski definition) is 6. The van der Waals surface area contributed by atoms with Crippen LogP contribution in [0.15, 0.2) is 42.5 Å². The Labute approximate surface area is 151 Å². The van der Waals surface area contributed by atoms with E-state index in [1.165, 1.54) is 19.2 Å². The van der Waals surface area contributed by atoms with Gasteiger partial charge in [-0.3, -0.25) is 4.79 Å². The first kappa shape index (κ1) is 19.1. The molecule has 0 spiro atoms. The van der Waals surface area contributed by atoms with Gasteiger partial charge in [0.15, 0.2) is 11.5 Å². The molecule has 2 aromatic rings. The zero-order valence-corrected chi connectivity index (χ0v) is 14.4. The number of ether oxygens (including phenoxy) is 2. The van der Waals surface area contributed by atoms with Crippen LogP contribution in [0.1, 0.15) is 22.3 Å². The van der Waals surface area contributed by atoms with Gasteiger partial charge in [-0.1, -0.05) is 18.2 Å². The minimum absolute atomic E-state index is 0.0971. The molecule has 0 saturated heterocycles. The Kier molecular flexibility index (Phi) is 6.84. The molecule has 0 saturated carbocycles. The van der Waals surface area contributed by atoms with E-state index >= 15 is 0 Å². The summed E-state index contributed by atoms with van der Waals surface area (Å²) in [6.07, 6.45) is 0.655. The highest BCUT2D eigenvalue weighted by atomic mass is 16.5. The van der Waals surface area contributed by atoms with Crippen molar-refractivity contribution in [3.8, 4) is 17.2 Å². The topological polar surface area (TPSA) is 105 Å². The third kappa shape index (κ3) is 5.41. The largest absolute Gasteiger partial charge is 0.504 e. The number of aromatic hydroxyl groups is 2. The number of hydrogen-bond donors (Lipinski definition) is 3. The number of esters is 1. The SMILES string of the molecule is COC(=O)c1ccccc1OCCCNC(=O)Cc1ccc(O)c(O)c1. The Morgan fingerprint density at radius 3 is 2.58 bits per heavy atom. The van der Waals surface area contributed by atoms with Crippen LogP contribution >= 0.6 is 0 Å². The number of carbonyl (C=O) groups excluding carboxylic acids is 2. The number of phenols is 2. The van der Waals surface area contributed by atoms with Crippen LogP contribution in [0.2, 0.25) is 0 Å². The predicted octanol–water partition coefficient (Wildman–Crippen LogP) is 2.01. The van der Waals surface area contributed by atoms with Crippen molar-refractivity contribution < 1.29 is 29.3 Å². The molecule has 2 rings (SSSR count). The van der Waals surface area contributed by atoms with Gasteiger partial charge in [-0.05, 0) is 36.2 Å². The van der Waals surface area contributed by atoms with Crippen LogP contribution in [-0.2, 0) is 16.0 Å². The van der Waals surface area contributed by atoms with Gasteiger partial charge < -0.3 is 25.0 Å². The van der Waals surface area contributed by atoms with E-state index in [-0.39, 0.29) is 23.8 Å². The maximum Gasteiger partial charge on any atom is 0.341 e. The monoisotopic (exact) mass is 359 g/mol. The van der Waals surface area contributed by atoms with Crippen LogP contribution in [0.5, 0.6) is 17.2 Å². The first-order valence-electron chi connectivity index (χ1n) is 8.09. The van der Waals surface area contributed by atoms with E-state index in [4.69, 9.17) is 9.47 Å². The van der Waals surface area contributed by atoms with Crippen molar-refractivity contribution in [1.29, 1.82) is 0 Å². The van der Waals surface area contributed by atoms with Gasteiger partial charge in [0.05, 0.1) is 20.1 Å². The molecule has 138 valence electrons. The van der Waals surface area contributed by atoms with Crippen LogP contribution in [0.3, 0.4) is 0 Å². The summed E-state index contributed by atoms with van der Waals surface area (Å²) >= 11 is 0. The van der Waals surface area contributed by atoms with E-state index in [0.29, 0.717) is 36.4 Å². The van der Waals surface area contributed by atoms with E-state index in [0.717, 1.165) is 0 Å². The molecule has 0 aliphatic carbocycles. The summed E-state index contributed by atoms with van der Waals surface area (Å²) in [4.78, 5) is 23.5. The van der Waals surface area contributed by atoms with Gasteiger partial charge >= 0.3 is 5.97 Å². The molecule has 0 radical (unpaired) electrons. The lowest BCUT2D eigenvalue weighted by Gasteiger charge is -2.10. The van der Waals surface area contributed by atoms with Crippen molar-refractivity contribution >= 4 is 11.9 Å². The second-order valence-electron chi connectivity index (χ2n) is 5.54. The van der Waals surface area contributed by atoms with Crippen molar-refractivity contribution in [2.45, 2.75) is 12.8 Å². The minimum atomic E-state index is -0.467. The standard InChI is InChI=1S/C19H21NO6/c1-25-19(24)14-5-2-3-6-17(14)26-10-4-9-20-18(23)12-13-7-8-15(21)16(22)11-13/h2-3,5-8,11,21-22H,4,9-10,12H2,1H3,(H,20,23). The van der Waals surface area contributed by atoms with Crippen molar-refractivity contribution in [1.82, 2.24) is 5.32 Å². The highest BCUT2D eigenvalue weighted by Gasteiger charge is 2.12. The van der Waals surface area contributed by atoms with Crippen molar-refractivity contribution in [3.05, 3.63) is 53.6 Å². The predicted molar refractivity (Wildman–Crippen MR) is 94.4 cm³/mol. The summed E-state index contributed by atoms with van der Waals surface area (Å²) in [5.74, 6) is -0.715.